The van der Waals surface area contributed by atoms with Crippen molar-refractivity contribution in [3.8, 4) is 6.07 Å². The van der Waals surface area contributed by atoms with Crippen molar-refractivity contribution in [2.24, 2.45) is 0 Å². The van der Waals surface area contributed by atoms with E-state index in [-0.39, 0.29) is 17.0 Å². The first-order valence-corrected chi connectivity index (χ1v) is 7.51. The van der Waals surface area contributed by atoms with Crippen LogP contribution in [0.4, 0.5) is 0 Å². The predicted molar refractivity (Wildman–Crippen MR) is 71.9 cm³/mol. The zero-order valence-electron chi connectivity index (χ0n) is 11.0. The molecule has 1 aromatic rings. The van der Waals surface area contributed by atoms with E-state index >= 15 is 0 Å². The maximum Gasteiger partial charge on any atom is 0.240 e. The SMILES string of the molecule is CCCC(C)(O)CNS(=O)(=O)c1cccc(C#N)c1. The molecular formula is C13H18N2O3S. The fourth-order valence-corrected chi connectivity index (χ4v) is 2.90. The second-order valence-corrected chi connectivity index (χ2v) is 6.48. The fourth-order valence-electron chi connectivity index (χ4n) is 1.69. The Kier molecular flexibility index (Phi) is 5.06. The Morgan fingerprint density at radius 2 is 2.16 bits per heavy atom. The van der Waals surface area contributed by atoms with Gasteiger partial charge in [0.1, 0.15) is 0 Å². The first-order valence-electron chi connectivity index (χ1n) is 6.03. The van der Waals surface area contributed by atoms with Crippen LogP contribution < -0.4 is 4.72 Å². The fraction of sp³-hybridized carbons (Fsp3) is 0.462. The molecule has 0 spiro atoms. The molecule has 5 nitrogen and oxygen atoms in total. The smallest absolute Gasteiger partial charge is 0.240 e. The van der Waals surface area contributed by atoms with Gasteiger partial charge < -0.3 is 5.11 Å². The van der Waals surface area contributed by atoms with E-state index in [4.69, 9.17) is 5.26 Å². The lowest BCUT2D eigenvalue weighted by atomic mass is 10.0. The Hall–Kier alpha value is -1.42. The summed E-state index contributed by atoms with van der Waals surface area (Å²) in [6, 6.07) is 7.65. The van der Waals surface area contributed by atoms with Crippen molar-refractivity contribution in [3.05, 3.63) is 29.8 Å². The average Bonchev–Trinajstić information content (AvgIpc) is 2.37. The van der Waals surface area contributed by atoms with Gasteiger partial charge in [0.2, 0.25) is 10.0 Å². The van der Waals surface area contributed by atoms with Crippen LogP contribution in [0, 0.1) is 11.3 Å². The van der Waals surface area contributed by atoms with Crippen molar-refractivity contribution in [1.82, 2.24) is 4.72 Å². The maximum absolute atomic E-state index is 12.0. The minimum absolute atomic E-state index is 0.0267. The summed E-state index contributed by atoms with van der Waals surface area (Å²) in [7, 11) is -3.71. The van der Waals surface area contributed by atoms with Gasteiger partial charge >= 0.3 is 0 Å². The van der Waals surface area contributed by atoms with Gasteiger partial charge in [-0.15, -0.1) is 0 Å². The number of rotatable bonds is 6. The maximum atomic E-state index is 12.0. The zero-order valence-corrected chi connectivity index (χ0v) is 11.9. The Morgan fingerprint density at radius 1 is 1.47 bits per heavy atom. The van der Waals surface area contributed by atoms with Crippen molar-refractivity contribution in [2.75, 3.05) is 6.54 Å². The van der Waals surface area contributed by atoms with E-state index < -0.39 is 15.6 Å². The molecule has 0 aliphatic carbocycles. The summed E-state index contributed by atoms with van der Waals surface area (Å²) in [5, 5.41) is 18.7. The third kappa shape index (κ3) is 4.63. The second kappa shape index (κ2) is 6.15. The van der Waals surface area contributed by atoms with Gasteiger partial charge in [-0.2, -0.15) is 5.26 Å². The van der Waals surface area contributed by atoms with Crippen molar-refractivity contribution >= 4 is 10.0 Å². The summed E-state index contributed by atoms with van der Waals surface area (Å²) < 4.78 is 26.4. The summed E-state index contributed by atoms with van der Waals surface area (Å²) in [5.41, 5.74) is -0.794. The molecule has 0 amide bonds. The number of sulfonamides is 1. The van der Waals surface area contributed by atoms with Crippen molar-refractivity contribution < 1.29 is 13.5 Å². The molecule has 1 aromatic carbocycles. The van der Waals surface area contributed by atoms with Gasteiger partial charge in [-0.1, -0.05) is 19.4 Å². The normalized spacial score (nSPS) is 14.6. The Labute approximate surface area is 113 Å². The average molecular weight is 282 g/mol. The summed E-state index contributed by atoms with van der Waals surface area (Å²) in [6.45, 7) is 3.45. The molecule has 0 saturated heterocycles. The summed E-state index contributed by atoms with van der Waals surface area (Å²) >= 11 is 0. The van der Waals surface area contributed by atoms with Crippen LogP contribution in [0.1, 0.15) is 32.3 Å². The Balaban J connectivity index is 2.85. The molecule has 1 rings (SSSR count). The molecule has 6 heteroatoms. The summed E-state index contributed by atoms with van der Waals surface area (Å²) in [5.74, 6) is 0. The molecule has 0 bridgehead atoms. The van der Waals surface area contributed by atoms with E-state index in [2.05, 4.69) is 4.72 Å². The molecule has 19 heavy (non-hydrogen) atoms. The highest BCUT2D eigenvalue weighted by atomic mass is 32.2. The molecule has 0 radical (unpaired) electrons. The lowest BCUT2D eigenvalue weighted by molar-refractivity contribution is 0.0554. The number of benzene rings is 1. The molecule has 0 saturated carbocycles. The molecule has 0 aliphatic heterocycles. The van der Waals surface area contributed by atoms with Crippen LogP contribution in [0.25, 0.3) is 0 Å². The minimum Gasteiger partial charge on any atom is -0.389 e. The monoisotopic (exact) mass is 282 g/mol. The van der Waals surface area contributed by atoms with E-state index in [1.807, 2.05) is 13.0 Å². The Bertz CT molecular complexity index is 574. The number of nitrogens with one attached hydrogen (secondary N) is 1. The molecule has 0 aliphatic rings. The quantitative estimate of drug-likeness (QED) is 0.825. The van der Waals surface area contributed by atoms with Crippen LogP contribution in [0.15, 0.2) is 29.2 Å². The number of nitrogens with zero attached hydrogens (tertiary/aromatic N) is 1. The highest BCUT2D eigenvalue weighted by Crippen LogP contribution is 2.14. The van der Waals surface area contributed by atoms with Gasteiger partial charge in [0.25, 0.3) is 0 Å². The highest BCUT2D eigenvalue weighted by Gasteiger charge is 2.23. The summed E-state index contributed by atoms with van der Waals surface area (Å²) in [6.07, 6.45) is 1.27. The Morgan fingerprint density at radius 3 is 2.74 bits per heavy atom. The van der Waals surface area contributed by atoms with Gasteiger partial charge in [0.15, 0.2) is 0 Å². The standard InChI is InChI=1S/C13H18N2O3S/c1-3-7-13(2,16)10-15-19(17,18)12-6-4-5-11(8-12)9-14/h4-6,8,15-16H,3,7,10H2,1-2H3. The van der Waals surface area contributed by atoms with Crippen molar-refractivity contribution in [3.63, 3.8) is 0 Å². The predicted octanol–water partition coefficient (Wildman–Crippen LogP) is 1.39. The topological polar surface area (TPSA) is 90.2 Å². The molecule has 0 fully saturated rings. The molecule has 1 atom stereocenters. The summed E-state index contributed by atoms with van der Waals surface area (Å²) in [4.78, 5) is 0.0267. The molecule has 0 heterocycles. The van der Waals surface area contributed by atoms with Crippen molar-refractivity contribution in [1.29, 1.82) is 5.26 Å². The van der Waals surface area contributed by atoms with E-state index in [1.165, 1.54) is 24.3 Å². The lowest BCUT2D eigenvalue weighted by Gasteiger charge is -2.22. The van der Waals surface area contributed by atoms with Gasteiger partial charge in [0.05, 0.1) is 22.1 Å². The molecule has 1 unspecified atom stereocenters. The van der Waals surface area contributed by atoms with E-state index in [1.54, 1.807) is 6.92 Å². The largest absolute Gasteiger partial charge is 0.389 e. The van der Waals surface area contributed by atoms with Crippen LogP contribution >= 0.6 is 0 Å². The first kappa shape index (κ1) is 15.6. The third-order valence-electron chi connectivity index (χ3n) is 2.71. The zero-order chi connectivity index (χ0) is 14.5. The second-order valence-electron chi connectivity index (χ2n) is 4.71. The van der Waals surface area contributed by atoms with Gasteiger partial charge in [-0.3, -0.25) is 0 Å². The number of hydrogen-bond donors (Lipinski definition) is 2. The van der Waals surface area contributed by atoms with Gasteiger partial charge in [-0.25, -0.2) is 13.1 Å². The number of hydrogen-bond acceptors (Lipinski definition) is 4. The highest BCUT2D eigenvalue weighted by molar-refractivity contribution is 7.89. The van der Waals surface area contributed by atoms with Crippen LogP contribution in [0.3, 0.4) is 0 Å². The van der Waals surface area contributed by atoms with E-state index in [9.17, 15) is 13.5 Å². The molecule has 0 aromatic heterocycles. The third-order valence-corrected chi connectivity index (χ3v) is 4.10. The first-order chi connectivity index (χ1) is 8.80. The lowest BCUT2D eigenvalue weighted by Crippen LogP contribution is -2.40. The van der Waals surface area contributed by atoms with Crippen LogP contribution in [-0.4, -0.2) is 25.7 Å². The number of nitriles is 1. The van der Waals surface area contributed by atoms with Crippen LogP contribution in [0.5, 0.6) is 0 Å². The number of aliphatic hydroxyl groups is 1. The van der Waals surface area contributed by atoms with E-state index in [0.717, 1.165) is 6.42 Å². The van der Waals surface area contributed by atoms with Gasteiger partial charge in [0, 0.05) is 6.54 Å². The van der Waals surface area contributed by atoms with E-state index in [0.29, 0.717) is 6.42 Å². The minimum atomic E-state index is -3.71. The van der Waals surface area contributed by atoms with Gasteiger partial charge in [-0.05, 0) is 31.5 Å². The van der Waals surface area contributed by atoms with Crippen LogP contribution in [-0.2, 0) is 10.0 Å². The van der Waals surface area contributed by atoms with Crippen LogP contribution in [0.2, 0.25) is 0 Å². The molecular weight excluding hydrogens is 264 g/mol. The molecule has 2 N–H and O–H groups in total. The molecule has 104 valence electrons. The van der Waals surface area contributed by atoms with Crippen molar-refractivity contribution in [2.45, 2.75) is 37.2 Å².